The Morgan fingerprint density at radius 3 is 2.28 bits per heavy atom. The minimum absolute atomic E-state index is 0.00107. The first kappa shape index (κ1) is 21.9. The van der Waals surface area contributed by atoms with Gasteiger partial charge >= 0.3 is 12.1 Å². The highest BCUT2D eigenvalue weighted by molar-refractivity contribution is 5.93. The van der Waals surface area contributed by atoms with Gasteiger partial charge in [0.15, 0.2) is 5.69 Å². The molecule has 0 spiro atoms. The predicted molar refractivity (Wildman–Crippen MR) is 92.0 cm³/mol. The molecule has 0 aliphatic heterocycles. The van der Waals surface area contributed by atoms with Gasteiger partial charge in [0.25, 0.3) is 11.8 Å². The van der Waals surface area contributed by atoms with Crippen LogP contribution in [0.1, 0.15) is 40.0 Å². The van der Waals surface area contributed by atoms with Crippen LogP contribution in [-0.2, 0) is 24.1 Å². The second-order valence-corrected chi connectivity index (χ2v) is 5.82. The lowest BCUT2D eigenvalue weighted by Gasteiger charge is -2.09. The standard InChI is InChI=1S/C16H19F3N6O4/c1-2-24-11(9-12(23-24)16(17,18)19)15(29)21-7-6-20-14(28)10-3-5-22-25(10)8-4-13(26)27/h3,5,9H,2,4,6-8H2,1H3,(H,20,28)(H,21,29)(H,26,27). The van der Waals surface area contributed by atoms with Gasteiger partial charge in [0, 0.05) is 31.9 Å². The molecule has 0 unspecified atom stereocenters. The summed E-state index contributed by atoms with van der Waals surface area (Å²) in [4.78, 5) is 34.9. The number of hydrogen-bond donors (Lipinski definition) is 3. The summed E-state index contributed by atoms with van der Waals surface area (Å²) >= 11 is 0. The molecule has 2 rings (SSSR count). The lowest BCUT2D eigenvalue weighted by Crippen LogP contribution is -2.36. The number of halogens is 3. The van der Waals surface area contributed by atoms with Gasteiger partial charge in [0.2, 0.25) is 0 Å². The number of rotatable bonds is 9. The van der Waals surface area contributed by atoms with E-state index in [0.717, 1.165) is 4.68 Å². The fourth-order valence-electron chi connectivity index (χ4n) is 2.42. The minimum atomic E-state index is -4.66. The molecule has 3 N–H and O–H groups in total. The molecule has 2 heterocycles. The maximum atomic E-state index is 12.7. The van der Waals surface area contributed by atoms with Crippen LogP contribution in [-0.4, -0.2) is 55.5 Å². The van der Waals surface area contributed by atoms with Gasteiger partial charge in [-0.1, -0.05) is 0 Å². The lowest BCUT2D eigenvalue weighted by atomic mass is 10.3. The van der Waals surface area contributed by atoms with E-state index in [1.54, 1.807) is 6.92 Å². The number of amides is 2. The van der Waals surface area contributed by atoms with Gasteiger partial charge in [0.1, 0.15) is 11.4 Å². The number of carbonyl (C=O) groups is 3. The Kier molecular flexibility index (Phi) is 6.96. The summed E-state index contributed by atoms with van der Waals surface area (Å²) in [6, 6.07) is 2.08. The van der Waals surface area contributed by atoms with E-state index in [-0.39, 0.29) is 44.0 Å². The van der Waals surface area contributed by atoms with Crippen LogP contribution in [0.15, 0.2) is 18.3 Å². The van der Waals surface area contributed by atoms with Crippen LogP contribution in [0.3, 0.4) is 0 Å². The highest BCUT2D eigenvalue weighted by Gasteiger charge is 2.35. The maximum Gasteiger partial charge on any atom is 0.435 e. The van der Waals surface area contributed by atoms with Crippen molar-refractivity contribution in [1.29, 1.82) is 0 Å². The molecule has 0 atom stereocenters. The van der Waals surface area contributed by atoms with Crippen LogP contribution in [0, 0.1) is 0 Å². The Bertz CT molecular complexity index is 890. The van der Waals surface area contributed by atoms with Crippen molar-refractivity contribution in [1.82, 2.24) is 30.2 Å². The number of hydrogen-bond acceptors (Lipinski definition) is 5. The van der Waals surface area contributed by atoms with Crippen molar-refractivity contribution in [2.45, 2.75) is 32.6 Å². The molecule has 0 aromatic carbocycles. The zero-order chi connectivity index (χ0) is 21.6. The van der Waals surface area contributed by atoms with Crippen LogP contribution in [0.4, 0.5) is 13.2 Å². The zero-order valence-electron chi connectivity index (χ0n) is 15.4. The van der Waals surface area contributed by atoms with Gasteiger partial charge < -0.3 is 15.7 Å². The van der Waals surface area contributed by atoms with Crippen molar-refractivity contribution in [3.05, 3.63) is 35.4 Å². The number of aromatic nitrogens is 4. The molecule has 29 heavy (non-hydrogen) atoms. The molecule has 10 nitrogen and oxygen atoms in total. The Morgan fingerprint density at radius 1 is 1.10 bits per heavy atom. The van der Waals surface area contributed by atoms with Crippen molar-refractivity contribution >= 4 is 17.8 Å². The monoisotopic (exact) mass is 416 g/mol. The predicted octanol–water partition coefficient (Wildman–Crippen LogP) is 0.753. The van der Waals surface area contributed by atoms with Crippen LogP contribution >= 0.6 is 0 Å². The molecule has 158 valence electrons. The minimum Gasteiger partial charge on any atom is -0.481 e. The number of alkyl halides is 3. The summed E-state index contributed by atoms with van der Waals surface area (Å²) in [5.74, 6) is -2.31. The molecular formula is C16H19F3N6O4. The first-order chi connectivity index (χ1) is 13.6. The third-order valence-corrected chi connectivity index (χ3v) is 3.79. The Morgan fingerprint density at radius 2 is 1.72 bits per heavy atom. The highest BCUT2D eigenvalue weighted by atomic mass is 19.4. The van der Waals surface area contributed by atoms with Crippen molar-refractivity contribution in [2.75, 3.05) is 13.1 Å². The average Bonchev–Trinajstić information content (AvgIpc) is 3.29. The van der Waals surface area contributed by atoms with Crippen LogP contribution in [0.5, 0.6) is 0 Å². The van der Waals surface area contributed by atoms with E-state index in [2.05, 4.69) is 20.8 Å². The molecule has 0 bridgehead atoms. The first-order valence-electron chi connectivity index (χ1n) is 8.58. The SMILES string of the molecule is CCn1nc(C(F)(F)F)cc1C(=O)NCCNC(=O)c1ccnn1CCC(=O)O. The van der Waals surface area contributed by atoms with Gasteiger partial charge in [-0.05, 0) is 13.0 Å². The smallest absolute Gasteiger partial charge is 0.435 e. The van der Waals surface area contributed by atoms with E-state index in [1.165, 1.54) is 16.9 Å². The summed E-state index contributed by atoms with van der Waals surface area (Å²) in [5.41, 5.74) is -1.25. The Hall–Kier alpha value is -3.38. The van der Waals surface area contributed by atoms with E-state index in [1.807, 2.05) is 0 Å². The topological polar surface area (TPSA) is 131 Å². The summed E-state index contributed by atoms with van der Waals surface area (Å²) in [6.07, 6.45) is -3.52. The van der Waals surface area contributed by atoms with E-state index >= 15 is 0 Å². The number of carboxylic acid groups (broad SMARTS) is 1. The Balaban J connectivity index is 1.87. The molecule has 0 fully saturated rings. The average molecular weight is 416 g/mol. The number of aryl methyl sites for hydroxylation is 2. The highest BCUT2D eigenvalue weighted by Crippen LogP contribution is 2.28. The normalized spacial score (nSPS) is 11.3. The van der Waals surface area contributed by atoms with E-state index < -0.39 is 29.7 Å². The quantitative estimate of drug-likeness (QED) is 0.517. The Labute approximate surface area is 162 Å². The van der Waals surface area contributed by atoms with Gasteiger partial charge in [-0.15, -0.1) is 0 Å². The molecule has 2 aromatic heterocycles. The third-order valence-electron chi connectivity index (χ3n) is 3.79. The largest absolute Gasteiger partial charge is 0.481 e. The second kappa shape index (κ2) is 9.21. The van der Waals surface area contributed by atoms with Gasteiger partial charge in [-0.25, -0.2) is 0 Å². The molecule has 0 radical (unpaired) electrons. The molecule has 0 saturated heterocycles. The number of aliphatic carboxylic acids is 1. The fourth-order valence-corrected chi connectivity index (χ4v) is 2.42. The van der Waals surface area contributed by atoms with Crippen LogP contribution in [0.2, 0.25) is 0 Å². The number of carbonyl (C=O) groups excluding carboxylic acids is 2. The zero-order valence-corrected chi connectivity index (χ0v) is 15.4. The van der Waals surface area contributed by atoms with Crippen LogP contribution < -0.4 is 10.6 Å². The van der Waals surface area contributed by atoms with Gasteiger partial charge in [-0.3, -0.25) is 23.7 Å². The molecular weight excluding hydrogens is 397 g/mol. The van der Waals surface area contributed by atoms with E-state index in [0.29, 0.717) is 6.07 Å². The molecule has 13 heteroatoms. The lowest BCUT2D eigenvalue weighted by molar-refractivity contribution is -0.141. The van der Waals surface area contributed by atoms with Gasteiger partial charge in [0.05, 0.1) is 13.0 Å². The van der Waals surface area contributed by atoms with E-state index in [9.17, 15) is 27.6 Å². The summed E-state index contributed by atoms with van der Waals surface area (Å²) in [5, 5.41) is 20.8. The summed E-state index contributed by atoms with van der Waals surface area (Å²) in [6.45, 7) is 1.61. The molecule has 2 amide bonds. The number of nitrogens with one attached hydrogen (secondary N) is 2. The van der Waals surface area contributed by atoms with Crippen molar-refractivity contribution in [3.63, 3.8) is 0 Å². The van der Waals surface area contributed by atoms with Crippen molar-refractivity contribution in [3.8, 4) is 0 Å². The van der Waals surface area contributed by atoms with Gasteiger partial charge in [-0.2, -0.15) is 23.4 Å². The first-order valence-corrected chi connectivity index (χ1v) is 8.58. The van der Waals surface area contributed by atoms with E-state index in [4.69, 9.17) is 5.11 Å². The van der Waals surface area contributed by atoms with Crippen molar-refractivity contribution in [2.24, 2.45) is 0 Å². The van der Waals surface area contributed by atoms with Crippen molar-refractivity contribution < 1.29 is 32.7 Å². The molecule has 0 aliphatic rings. The second-order valence-electron chi connectivity index (χ2n) is 5.82. The molecule has 0 aliphatic carbocycles. The molecule has 2 aromatic rings. The molecule has 0 saturated carbocycles. The summed E-state index contributed by atoms with van der Waals surface area (Å²) in [7, 11) is 0. The fraction of sp³-hybridized carbons (Fsp3) is 0.438. The number of carboxylic acids is 1. The maximum absolute atomic E-state index is 12.7. The third kappa shape index (κ3) is 5.80. The van der Waals surface area contributed by atoms with Crippen LogP contribution in [0.25, 0.3) is 0 Å². The summed E-state index contributed by atoms with van der Waals surface area (Å²) < 4.78 is 40.4. The number of nitrogens with zero attached hydrogens (tertiary/aromatic N) is 4.